The van der Waals surface area contributed by atoms with Crippen LogP contribution in [0.4, 0.5) is 5.69 Å². The number of fused-ring (bicyclic) bond motifs is 1. The Morgan fingerprint density at radius 2 is 1.85 bits per heavy atom. The highest BCUT2D eigenvalue weighted by molar-refractivity contribution is 5.97. The van der Waals surface area contributed by atoms with Gasteiger partial charge in [0.05, 0.1) is 30.5 Å². The normalized spacial score (nSPS) is 11.8. The van der Waals surface area contributed by atoms with Gasteiger partial charge in [0.2, 0.25) is 5.91 Å². The van der Waals surface area contributed by atoms with E-state index in [2.05, 4.69) is 15.6 Å². The Bertz CT molecular complexity index is 1340. The molecule has 0 aliphatic heterocycles. The zero-order chi connectivity index (χ0) is 25.0. The number of amides is 1. The van der Waals surface area contributed by atoms with Gasteiger partial charge in [-0.15, -0.1) is 5.10 Å². The Hall–Kier alpha value is -4.55. The largest absolute Gasteiger partial charge is 0.481 e. The highest BCUT2D eigenvalue weighted by Crippen LogP contribution is 2.24. The SMILES string of the molecule is Cc1c(CC(=O)O)c(=O)oc2cc(NC(=O)C(CC(=O)O)n3cc(CCC(=O)O)nn3)ccc12. The first kappa shape index (κ1) is 24.1. The molecule has 1 aromatic carbocycles. The van der Waals surface area contributed by atoms with Crippen LogP contribution in [0.15, 0.2) is 33.6 Å². The van der Waals surface area contributed by atoms with Crippen LogP contribution in [0.3, 0.4) is 0 Å². The minimum atomic E-state index is -1.29. The summed E-state index contributed by atoms with van der Waals surface area (Å²) in [7, 11) is 0. The van der Waals surface area contributed by atoms with Crippen LogP contribution in [-0.4, -0.2) is 54.1 Å². The van der Waals surface area contributed by atoms with E-state index in [9.17, 15) is 29.1 Å². The van der Waals surface area contributed by atoms with Gasteiger partial charge in [0.15, 0.2) is 0 Å². The molecule has 13 nitrogen and oxygen atoms in total. The molecular weight excluding hydrogens is 452 g/mol. The number of nitrogens with zero attached hydrogens (tertiary/aromatic N) is 3. The van der Waals surface area contributed by atoms with Crippen molar-refractivity contribution < 1.29 is 38.9 Å². The molecule has 4 N–H and O–H groups in total. The number of benzene rings is 1. The monoisotopic (exact) mass is 472 g/mol. The zero-order valence-electron chi connectivity index (χ0n) is 17.8. The van der Waals surface area contributed by atoms with Gasteiger partial charge in [-0.05, 0) is 24.6 Å². The minimum absolute atomic E-state index is 0.0168. The maximum atomic E-state index is 12.9. The van der Waals surface area contributed by atoms with Crippen LogP contribution in [0.1, 0.15) is 35.7 Å². The molecule has 178 valence electrons. The number of nitrogens with one attached hydrogen (secondary N) is 1. The highest BCUT2D eigenvalue weighted by atomic mass is 16.4. The first-order chi connectivity index (χ1) is 16.0. The van der Waals surface area contributed by atoms with Gasteiger partial charge in [-0.1, -0.05) is 5.21 Å². The van der Waals surface area contributed by atoms with Gasteiger partial charge in [0.25, 0.3) is 0 Å². The first-order valence-corrected chi connectivity index (χ1v) is 9.98. The Morgan fingerprint density at radius 1 is 1.12 bits per heavy atom. The van der Waals surface area contributed by atoms with Crippen LogP contribution < -0.4 is 10.9 Å². The van der Waals surface area contributed by atoms with E-state index in [-0.39, 0.29) is 35.4 Å². The predicted molar refractivity (Wildman–Crippen MR) is 114 cm³/mol. The van der Waals surface area contributed by atoms with E-state index in [4.69, 9.17) is 14.6 Å². The van der Waals surface area contributed by atoms with Crippen LogP contribution >= 0.6 is 0 Å². The van der Waals surface area contributed by atoms with Crippen LogP contribution in [0.2, 0.25) is 0 Å². The molecule has 1 atom stereocenters. The number of carbonyl (C=O) groups is 4. The summed E-state index contributed by atoms with van der Waals surface area (Å²) >= 11 is 0. The lowest BCUT2D eigenvalue weighted by Gasteiger charge is -2.15. The highest BCUT2D eigenvalue weighted by Gasteiger charge is 2.26. The second-order valence-electron chi connectivity index (χ2n) is 7.46. The van der Waals surface area contributed by atoms with Crippen molar-refractivity contribution in [2.45, 2.75) is 38.6 Å². The predicted octanol–water partition coefficient (Wildman–Crippen LogP) is 0.992. The molecule has 0 aliphatic carbocycles. The van der Waals surface area contributed by atoms with E-state index in [1.165, 1.54) is 18.3 Å². The fourth-order valence-corrected chi connectivity index (χ4v) is 3.34. The van der Waals surface area contributed by atoms with Gasteiger partial charge >= 0.3 is 23.5 Å². The van der Waals surface area contributed by atoms with Crippen molar-refractivity contribution >= 4 is 40.5 Å². The van der Waals surface area contributed by atoms with E-state index in [1.54, 1.807) is 13.0 Å². The lowest BCUT2D eigenvalue weighted by Crippen LogP contribution is -2.28. The summed E-state index contributed by atoms with van der Waals surface area (Å²) < 4.78 is 6.26. The van der Waals surface area contributed by atoms with Gasteiger partial charge in [-0.3, -0.25) is 19.2 Å². The topological polar surface area (TPSA) is 202 Å². The molecule has 2 heterocycles. The van der Waals surface area contributed by atoms with Crippen LogP contribution in [0, 0.1) is 6.92 Å². The molecule has 0 fully saturated rings. The van der Waals surface area contributed by atoms with Crippen molar-refractivity contribution in [2.24, 2.45) is 0 Å². The Morgan fingerprint density at radius 3 is 2.50 bits per heavy atom. The molecule has 3 aromatic rings. The third kappa shape index (κ3) is 5.62. The molecule has 2 aromatic heterocycles. The number of carboxylic acid groups (broad SMARTS) is 3. The molecule has 0 radical (unpaired) electrons. The van der Waals surface area contributed by atoms with E-state index in [1.807, 2.05) is 0 Å². The molecule has 3 rings (SSSR count). The Kier molecular flexibility index (Phi) is 7.04. The number of carbonyl (C=O) groups excluding carboxylic acids is 1. The lowest BCUT2D eigenvalue weighted by molar-refractivity contribution is -0.140. The molecule has 1 amide bonds. The molecule has 0 bridgehead atoms. The van der Waals surface area contributed by atoms with Crippen LogP contribution in [0.25, 0.3) is 11.0 Å². The number of carboxylic acids is 3. The van der Waals surface area contributed by atoms with Gasteiger partial charge in [0.1, 0.15) is 11.6 Å². The first-order valence-electron chi connectivity index (χ1n) is 9.98. The summed E-state index contributed by atoms with van der Waals surface area (Å²) in [5.74, 6) is -4.23. The van der Waals surface area contributed by atoms with E-state index < -0.39 is 48.3 Å². The molecule has 34 heavy (non-hydrogen) atoms. The second-order valence-corrected chi connectivity index (χ2v) is 7.46. The number of hydrogen-bond donors (Lipinski definition) is 4. The fraction of sp³-hybridized carbons (Fsp3) is 0.286. The van der Waals surface area contributed by atoms with Gasteiger partial charge < -0.3 is 25.1 Å². The van der Waals surface area contributed by atoms with Gasteiger partial charge in [-0.25, -0.2) is 9.48 Å². The van der Waals surface area contributed by atoms with Gasteiger partial charge in [0, 0.05) is 29.8 Å². The standard InChI is InChI=1S/C21H20N4O9/c1-10-13-4-2-11(6-16(13)34-21(33)14(10)7-18(28)29)22-20(32)15(8-19(30)31)25-9-12(23-24-25)3-5-17(26)27/h2,4,6,9,15H,3,5,7-8H2,1H3,(H,22,32)(H,26,27)(H,28,29)(H,30,31). The van der Waals surface area contributed by atoms with Crippen molar-refractivity contribution in [3.05, 3.63) is 51.6 Å². The van der Waals surface area contributed by atoms with Crippen molar-refractivity contribution in [1.29, 1.82) is 0 Å². The summed E-state index contributed by atoms with van der Waals surface area (Å²) in [5.41, 5.74) is 0.241. The Labute approximate surface area is 190 Å². The summed E-state index contributed by atoms with van der Waals surface area (Å²) in [4.78, 5) is 58.1. The Balaban J connectivity index is 1.87. The zero-order valence-corrected chi connectivity index (χ0v) is 17.8. The van der Waals surface area contributed by atoms with Crippen molar-refractivity contribution in [3.8, 4) is 0 Å². The number of aromatic nitrogens is 3. The average molecular weight is 472 g/mol. The number of aliphatic carboxylic acids is 3. The quantitative estimate of drug-likeness (QED) is 0.306. The van der Waals surface area contributed by atoms with Crippen molar-refractivity contribution in [3.63, 3.8) is 0 Å². The van der Waals surface area contributed by atoms with Crippen LogP contribution in [-0.2, 0) is 32.0 Å². The summed E-state index contributed by atoms with van der Waals surface area (Å²) in [5, 5.41) is 37.5. The number of rotatable bonds is 10. The summed E-state index contributed by atoms with van der Waals surface area (Å²) in [6.45, 7) is 1.59. The molecule has 0 aliphatic rings. The third-order valence-corrected chi connectivity index (χ3v) is 5.03. The van der Waals surface area contributed by atoms with E-state index >= 15 is 0 Å². The second kappa shape index (κ2) is 9.94. The average Bonchev–Trinajstić information content (AvgIpc) is 3.21. The van der Waals surface area contributed by atoms with E-state index in [0.717, 1.165) is 4.68 Å². The maximum absolute atomic E-state index is 12.9. The van der Waals surface area contributed by atoms with Gasteiger partial charge in [-0.2, -0.15) is 0 Å². The molecule has 0 saturated heterocycles. The molecule has 1 unspecified atom stereocenters. The van der Waals surface area contributed by atoms with Crippen molar-refractivity contribution in [1.82, 2.24) is 15.0 Å². The third-order valence-electron chi connectivity index (χ3n) is 5.03. The number of hydrogen-bond acceptors (Lipinski definition) is 8. The molecule has 0 spiro atoms. The minimum Gasteiger partial charge on any atom is -0.481 e. The number of anilines is 1. The summed E-state index contributed by atoms with van der Waals surface area (Å²) in [6, 6.07) is 3.12. The van der Waals surface area contributed by atoms with Crippen molar-refractivity contribution in [2.75, 3.05) is 5.32 Å². The summed E-state index contributed by atoms with van der Waals surface area (Å²) in [6.07, 6.45) is 0.0522. The maximum Gasteiger partial charge on any atom is 0.340 e. The lowest BCUT2D eigenvalue weighted by atomic mass is 10.0. The van der Waals surface area contributed by atoms with Crippen LogP contribution in [0.5, 0.6) is 0 Å². The molecule has 13 heteroatoms. The van der Waals surface area contributed by atoms with E-state index in [0.29, 0.717) is 10.9 Å². The smallest absolute Gasteiger partial charge is 0.340 e. The number of aryl methyl sites for hydroxylation is 2. The molecular formula is C21H20N4O9. The molecule has 0 saturated carbocycles. The fourth-order valence-electron chi connectivity index (χ4n) is 3.34.